The first kappa shape index (κ1) is 66.1. The fourth-order valence-corrected chi connectivity index (χ4v) is 7.58. The number of rotatable bonds is 45. The number of esters is 6. The van der Waals surface area contributed by atoms with Gasteiger partial charge in [0.1, 0.15) is 51.7 Å². The van der Waals surface area contributed by atoms with Crippen molar-refractivity contribution in [1.82, 2.24) is 0 Å². The van der Waals surface area contributed by atoms with Crippen LogP contribution in [0, 0.1) is 0 Å². The van der Waals surface area contributed by atoms with E-state index in [0.29, 0.717) is 60.6 Å². The molecule has 0 bridgehead atoms. The summed E-state index contributed by atoms with van der Waals surface area (Å²) in [6.07, 6.45) is 24.8. The van der Waals surface area contributed by atoms with Crippen molar-refractivity contribution in [1.29, 1.82) is 0 Å². The molecule has 0 aliphatic rings. The summed E-state index contributed by atoms with van der Waals surface area (Å²) < 4.78 is 32.7. The van der Waals surface area contributed by atoms with E-state index < -0.39 is 24.4 Å². The standard InChI is InChI=1S/C54H98N2O14/c1-9-11-25-33-49(69-53(63)43-55(5,6)37-39-65-45(3)57)47(59)31-27-21-17-13-15-19-23-29-35-51(61)67-41-42-68-52(62)36-30-24-20-16-14-18-22-28-32-48(60)50(34-26-12-10-2)70-54(64)44-56(7,8)38-40-66-46(4)58/h21-22,27-28,47-50,59-60H,9-20,23-26,29-44H2,1-8H3/q+2/b27-21-,28-22-. The molecule has 0 aromatic rings. The number of carbonyl (C=O) groups excluding carboxylic acids is 6. The van der Waals surface area contributed by atoms with Gasteiger partial charge in [-0.2, -0.15) is 0 Å². The highest BCUT2D eigenvalue weighted by molar-refractivity contribution is 5.71. The van der Waals surface area contributed by atoms with Crippen molar-refractivity contribution in [3.63, 3.8) is 0 Å². The predicted octanol–water partition coefficient (Wildman–Crippen LogP) is 8.41. The fourth-order valence-electron chi connectivity index (χ4n) is 7.58. The maximum Gasteiger partial charge on any atom is 0.362 e. The maximum absolute atomic E-state index is 12.8. The number of quaternary nitrogens is 2. The number of hydrogen-bond donors (Lipinski definition) is 2. The summed E-state index contributed by atoms with van der Waals surface area (Å²) in [7, 11) is 7.49. The zero-order valence-electron chi connectivity index (χ0n) is 44.9. The van der Waals surface area contributed by atoms with Crippen molar-refractivity contribution in [2.24, 2.45) is 0 Å². The van der Waals surface area contributed by atoms with Gasteiger partial charge in [0, 0.05) is 26.7 Å². The van der Waals surface area contributed by atoms with Crippen LogP contribution in [0.15, 0.2) is 24.3 Å². The van der Waals surface area contributed by atoms with Gasteiger partial charge in [-0.3, -0.25) is 19.2 Å². The summed E-state index contributed by atoms with van der Waals surface area (Å²) in [6, 6.07) is 0. The Balaban J connectivity index is 4.12. The van der Waals surface area contributed by atoms with Gasteiger partial charge in [-0.1, -0.05) is 102 Å². The van der Waals surface area contributed by atoms with Crippen molar-refractivity contribution in [2.75, 3.05) is 80.8 Å². The molecule has 0 spiro atoms. The molecule has 70 heavy (non-hydrogen) atoms. The van der Waals surface area contributed by atoms with E-state index in [1.54, 1.807) is 0 Å². The summed E-state index contributed by atoms with van der Waals surface area (Å²) in [6.45, 7) is 8.64. The first-order chi connectivity index (χ1) is 33.3. The molecule has 0 heterocycles. The molecule has 0 aliphatic heterocycles. The highest BCUT2D eigenvalue weighted by Crippen LogP contribution is 2.18. The number of allylic oxidation sites excluding steroid dienone is 2. The Labute approximate surface area is 422 Å². The maximum atomic E-state index is 12.8. The largest absolute Gasteiger partial charge is 0.462 e. The van der Waals surface area contributed by atoms with Crippen molar-refractivity contribution >= 4 is 35.8 Å². The van der Waals surface area contributed by atoms with Crippen LogP contribution in [-0.2, 0) is 57.2 Å². The minimum Gasteiger partial charge on any atom is -0.462 e. The van der Waals surface area contributed by atoms with E-state index in [-0.39, 0.29) is 75.3 Å². The molecule has 4 atom stereocenters. The van der Waals surface area contributed by atoms with Crippen molar-refractivity contribution < 1.29 is 76.4 Å². The van der Waals surface area contributed by atoms with Gasteiger partial charge < -0.3 is 47.6 Å². The molecular formula is C54H98N2O14+2. The number of carbonyl (C=O) groups is 6. The van der Waals surface area contributed by atoms with E-state index in [1.807, 2.05) is 40.3 Å². The third kappa shape index (κ3) is 40.8. The predicted molar refractivity (Wildman–Crippen MR) is 271 cm³/mol. The second-order valence-electron chi connectivity index (χ2n) is 20.0. The molecule has 0 radical (unpaired) electrons. The smallest absolute Gasteiger partial charge is 0.362 e. The molecule has 406 valence electrons. The topological polar surface area (TPSA) is 198 Å². The number of likely N-dealkylation sites (N-methyl/N-ethyl adjacent to an activating group) is 2. The van der Waals surface area contributed by atoms with Crippen LogP contribution in [0.3, 0.4) is 0 Å². The summed E-state index contributed by atoms with van der Waals surface area (Å²) in [5.41, 5.74) is 0. The van der Waals surface area contributed by atoms with Crippen LogP contribution in [0.25, 0.3) is 0 Å². The molecule has 0 aliphatic carbocycles. The van der Waals surface area contributed by atoms with Crippen LogP contribution in [0.5, 0.6) is 0 Å². The van der Waals surface area contributed by atoms with E-state index in [0.717, 1.165) is 116 Å². The third-order valence-electron chi connectivity index (χ3n) is 11.9. The van der Waals surface area contributed by atoms with Crippen molar-refractivity contribution in [2.45, 2.75) is 206 Å². The first-order valence-corrected chi connectivity index (χ1v) is 26.6. The van der Waals surface area contributed by atoms with Crippen LogP contribution in [-0.4, -0.2) is 160 Å². The van der Waals surface area contributed by atoms with Crippen LogP contribution in [0.1, 0.15) is 182 Å². The minimum absolute atomic E-state index is 0.0527. The second kappa shape index (κ2) is 41.7. The number of aliphatic hydroxyl groups excluding tert-OH is 2. The van der Waals surface area contributed by atoms with E-state index in [4.69, 9.17) is 28.4 Å². The Morgan fingerprint density at radius 2 is 0.800 bits per heavy atom. The lowest BCUT2D eigenvalue weighted by molar-refractivity contribution is -0.883. The molecule has 0 rings (SSSR count). The summed E-state index contributed by atoms with van der Waals surface area (Å²) in [5, 5.41) is 21.8. The van der Waals surface area contributed by atoms with Gasteiger partial charge in [0.2, 0.25) is 0 Å². The number of unbranched alkanes of at least 4 members (excludes halogenated alkanes) is 14. The lowest BCUT2D eigenvalue weighted by Crippen LogP contribution is -2.47. The first-order valence-electron chi connectivity index (χ1n) is 26.6. The second-order valence-corrected chi connectivity index (χ2v) is 20.0. The van der Waals surface area contributed by atoms with Crippen LogP contribution in [0.2, 0.25) is 0 Å². The normalized spacial score (nSPS) is 13.7. The summed E-state index contributed by atoms with van der Waals surface area (Å²) in [5.74, 6) is -2.05. The summed E-state index contributed by atoms with van der Waals surface area (Å²) >= 11 is 0. The Morgan fingerprint density at radius 1 is 0.443 bits per heavy atom. The minimum atomic E-state index is -0.788. The van der Waals surface area contributed by atoms with Gasteiger partial charge in [0.25, 0.3) is 0 Å². The Hall–Kier alpha value is -3.86. The van der Waals surface area contributed by atoms with Gasteiger partial charge in [0.05, 0.1) is 40.4 Å². The highest BCUT2D eigenvalue weighted by Gasteiger charge is 2.29. The van der Waals surface area contributed by atoms with Crippen molar-refractivity contribution in [3.05, 3.63) is 24.3 Å². The molecule has 2 N–H and O–H groups in total. The van der Waals surface area contributed by atoms with Crippen LogP contribution in [0.4, 0.5) is 0 Å². The van der Waals surface area contributed by atoms with Crippen LogP contribution < -0.4 is 0 Å². The lowest BCUT2D eigenvalue weighted by atomic mass is 10.0. The molecule has 0 saturated heterocycles. The van der Waals surface area contributed by atoms with Gasteiger partial charge >= 0.3 is 35.8 Å². The number of ether oxygens (including phenoxy) is 6. The molecular weight excluding hydrogens is 901 g/mol. The fraction of sp³-hybridized carbons (Fsp3) is 0.815. The molecule has 0 saturated carbocycles. The number of nitrogens with zero attached hydrogens (tertiary/aromatic N) is 2. The number of aliphatic hydroxyl groups is 2. The van der Waals surface area contributed by atoms with E-state index >= 15 is 0 Å². The Kier molecular flexibility index (Phi) is 39.4. The van der Waals surface area contributed by atoms with E-state index in [2.05, 4.69) is 26.0 Å². The van der Waals surface area contributed by atoms with E-state index in [1.165, 1.54) is 13.8 Å². The van der Waals surface area contributed by atoms with Crippen LogP contribution >= 0.6 is 0 Å². The monoisotopic (exact) mass is 999 g/mol. The molecule has 0 aromatic heterocycles. The average molecular weight is 999 g/mol. The zero-order chi connectivity index (χ0) is 52.5. The molecule has 4 unspecified atom stereocenters. The average Bonchev–Trinajstić information content (AvgIpc) is 3.27. The lowest BCUT2D eigenvalue weighted by Gasteiger charge is -2.30. The summed E-state index contributed by atoms with van der Waals surface area (Å²) in [4.78, 5) is 72.0. The quantitative estimate of drug-likeness (QED) is 0.0194. The number of hydrogen-bond acceptors (Lipinski definition) is 14. The highest BCUT2D eigenvalue weighted by atomic mass is 16.6. The third-order valence-corrected chi connectivity index (χ3v) is 11.9. The molecule has 16 nitrogen and oxygen atoms in total. The van der Waals surface area contributed by atoms with Gasteiger partial charge in [-0.15, -0.1) is 0 Å². The molecule has 0 amide bonds. The van der Waals surface area contributed by atoms with Gasteiger partial charge in [0.15, 0.2) is 13.1 Å². The van der Waals surface area contributed by atoms with Gasteiger partial charge in [-0.25, -0.2) is 9.59 Å². The van der Waals surface area contributed by atoms with Crippen molar-refractivity contribution in [3.8, 4) is 0 Å². The molecule has 0 fully saturated rings. The Morgan fingerprint density at radius 3 is 1.16 bits per heavy atom. The van der Waals surface area contributed by atoms with E-state index in [9.17, 15) is 39.0 Å². The zero-order valence-corrected chi connectivity index (χ0v) is 44.9. The van der Waals surface area contributed by atoms with Gasteiger partial charge in [-0.05, 0) is 77.0 Å². The molecule has 0 aromatic carbocycles. The molecule has 16 heteroatoms. The SMILES string of the molecule is CCCCCC(OC(=O)C[N+](C)(C)CCOC(C)=O)C(O)C/C=C\CCCCCCCC(=O)OCCOC(=O)CCCCCCC/C=C\CC(O)C(CCCCC)OC(=O)C[N+](C)(C)CCOC(C)=O. The Bertz CT molecular complexity index is 1370.